The molecule has 2 aromatic carbocycles. The molecule has 0 spiro atoms. The van der Waals surface area contributed by atoms with Crippen molar-refractivity contribution in [1.29, 1.82) is 0 Å². The van der Waals surface area contributed by atoms with E-state index in [4.69, 9.17) is 18.9 Å². The van der Waals surface area contributed by atoms with Gasteiger partial charge in [0.15, 0.2) is 23.0 Å². The van der Waals surface area contributed by atoms with Crippen LogP contribution >= 0.6 is 45.3 Å². The molecule has 2 aliphatic rings. The fourth-order valence-electron chi connectivity index (χ4n) is 7.01. The second kappa shape index (κ2) is 15.5. The number of unbranched alkanes of at least 4 members (excludes halogenated alkanes) is 6. The molecule has 0 unspecified atom stereocenters. The topological polar surface area (TPSA) is 36.9 Å². The molecule has 50 heavy (non-hydrogen) atoms. The standard InChI is InChI=1S/C42H44O4S4/c1-3-5-7-9-11-27-13-17-29(18-14-27)33-37-38(50-39(33)41-35-31(25-47-41)43-21-23-45-35)34(30-19-15-28(16-20-30)12-10-8-6-4-2)40(49-37)42-36-32(26-48-42)44-22-24-46-36/h13-20,25-26H,3-12,21-24H2,1-2H3. The second-order valence-electron chi connectivity index (χ2n) is 13.2. The van der Waals surface area contributed by atoms with Gasteiger partial charge in [-0.05, 0) is 47.9 Å². The molecule has 0 saturated carbocycles. The van der Waals surface area contributed by atoms with Gasteiger partial charge in [0, 0.05) is 21.9 Å². The summed E-state index contributed by atoms with van der Waals surface area (Å²) in [4.78, 5) is 4.83. The van der Waals surface area contributed by atoms with Gasteiger partial charge in [0.1, 0.15) is 26.4 Å². The highest BCUT2D eigenvalue weighted by atomic mass is 32.1. The molecule has 0 atom stereocenters. The van der Waals surface area contributed by atoms with Crippen LogP contribution in [0.2, 0.25) is 0 Å². The summed E-state index contributed by atoms with van der Waals surface area (Å²) in [5, 5.41) is 4.23. The molecule has 260 valence electrons. The second-order valence-corrected chi connectivity index (χ2v) is 17.0. The average molecular weight is 741 g/mol. The molecule has 8 rings (SSSR count). The Labute approximate surface area is 311 Å². The lowest BCUT2D eigenvalue weighted by molar-refractivity contribution is 0.174. The van der Waals surface area contributed by atoms with E-state index in [9.17, 15) is 0 Å². The van der Waals surface area contributed by atoms with Crippen LogP contribution in [0.1, 0.15) is 76.3 Å². The van der Waals surface area contributed by atoms with Crippen LogP contribution < -0.4 is 18.9 Å². The molecule has 6 aromatic rings. The van der Waals surface area contributed by atoms with Crippen molar-refractivity contribution in [3.63, 3.8) is 0 Å². The van der Waals surface area contributed by atoms with Gasteiger partial charge < -0.3 is 18.9 Å². The van der Waals surface area contributed by atoms with Crippen LogP contribution in [0.5, 0.6) is 23.0 Å². The molecule has 0 fully saturated rings. The largest absolute Gasteiger partial charge is 0.485 e. The molecule has 0 N–H and O–H groups in total. The third-order valence-corrected chi connectivity index (χ3v) is 14.4. The van der Waals surface area contributed by atoms with Gasteiger partial charge in [-0.25, -0.2) is 0 Å². The molecule has 8 heteroatoms. The van der Waals surface area contributed by atoms with Gasteiger partial charge in [0.05, 0.1) is 28.9 Å². The number of hydrogen-bond donors (Lipinski definition) is 0. The third-order valence-electron chi connectivity index (χ3n) is 9.66. The van der Waals surface area contributed by atoms with Gasteiger partial charge in [-0.1, -0.05) is 101 Å². The zero-order valence-electron chi connectivity index (χ0n) is 28.9. The number of fused-ring (bicyclic) bond motifs is 3. The molecule has 0 amide bonds. The Hall–Kier alpha value is -3.30. The first kappa shape index (κ1) is 33.8. The predicted octanol–water partition coefficient (Wildman–Crippen LogP) is 13.5. The van der Waals surface area contributed by atoms with Gasteiger partial charge in [0.2, 0.25) is 0 Å². The van der Waals surface area contributed by atoms with E-state index in [0.29, 0.717) is 26.4 Å². The molecule has 0 radical (unpaired) electrons. The number of hydrogen-bond acceptors (Lipinski definition) is 8. The molecule has 2 aliphatic heterocycles. The number of thiophene rings is 4. The summed E-state index contributed by atoms with van der Waals surface area (Å²) >= 11 is 7.24. The van der Waals surface area contributed by atoms with Crippen molar-refractivity contribution in [2.24, 2.45) is 0 Å². The lowest BCUT2D eigenvalue weighted by Gasteiger charge is -2.16. The fraction of sp³-hybridized carbons (Fsp3) is 0.381. The van der Waals surface area contributed by atoms with Crippen LogP contribution in [0, 0.1) is 0 Å². The minimum Gasteiger partial charge on any atom is -0.485 e. The maximum Gasteiger partial charge on any atom is 0.180 e. The SMILES string of the molecule is CCCCCCc1ccc(-c2c(-c3scc4c3OCCO4)sc3c(-c4ccc(CCCCCC)cc4)c(-c4scc5c4OCCO5)sc23)cc1. The van der Waals surface area contributed by atoms with Gasteiger partial charge in [-0.2, -0.15) is 0 Å². The highest BCUT2D eigenvalue weighted by molar-refractivity contribution is 7.35. The van der Waals surface area contributed by atoms with E-state index in [0.717, 1.165) is 45.6 Å². The summed E-state index contributed by atoms with van der Waals surface area (Å²) in [6.45, 7) is 6.88. The molecule has 0 bridgehead atoms. The number of aryl methyl sites for hydroxylation is 2. The van der Waals surface area contributed by atoms with Crippen LogP contribution in [-0.4, -0.2) is 26.4 Å². The summed E-state index contributed by atoms with van der Waals surface area (Å²) in [5.41, 5.74) is 7.89. The minimum absolute atomic E-state index is 0.574. The average Bonchev–Trinajstić information content (AvgIpc) is 3.94. The van der Waals surface area contributed by atoms with Gasteiger partial charge in [-0.3, -0.25) is 0 Å². The Kier molecular flexibility index (Phi) is 10.5. The van der Waals surface area contributed by atoms with Gasteiger partial charge in [0.25, 0.3) is 0 Å². The summed E-state index contributed by atoms with van der Waals surface area (Å²) in [7, 11) is 0. The number of ether oxygens (including phenoxy) is 4. The Bertz CT molecular complexity index is 1900. The van der Waals surface area contributed by atoms with E-state index in [2.05, 4.69) is 73.1 Å². The molecular formula is C42H44O4S4. The van der Waals surface area contributed by atoms with E-state index in [-0.39, 0.29) is 0 Å². The van der Waals surface area contributed by atoms with Crippen molar-refractivity contribution in [3.05, 3.63) is 70.4 Å². The van der Waals surface area contributed by atoms with E-state index in [1.165, 1.54) is 104 Å². The van der Waals surface area contributed by atoms with Gasteiger partial charge in [-0.15, -0.1) is 45.3 Å². The zero-order chi connectivity index (χ0) is 33.9. The van der Waals surface area contributed by atoms with Crippen LogP contribution in [-0.2, 0) is 12.8 Å². The molecular weight excluding hydrogens is 697 g/mol. The molecule has 0 saturated heterocycles. The Balaban J connectivity index is 1.28. The summed E-state index contributed by atoms with van der Waals surface area (Å²) in [6, 6.07) is 18.7. The van der Waals surface area contributed by atoms with Crippen LogP contribution in [0.15, 0.2) is 59.3 Å². The summed E-state index contributed by atoms with van der Waals surface area (Å²) < 4.78 is 27.3. The highest BCUT2D eigenvalue weighted by Gasteiger charge is 2.31. The highest BCUT2D eigenvalue weighted by Crippen LogP contribution is 2.60. The van der Waals surface area contributed by atoms with Crippen LogP contribution in [0.3, 0.4) is 0 Å². The number of benzene rings is 2. The quantitative estimate of drug-likeness (QED) is 0.104. The minimum atomic E-state index is 0.574. The first-order chi connectivity index (χ1) is 24.7. The van der Waals surface area contributed by atoms with E-state index in [1.54, 1.807) is 22.7 Å². The summed E-state index contributed by atoms with van der Waals surface area (Å²) in [5.74, 6) is 3.49. The van der Waals surface area contributed by atoms with Crippen molar-refractivity contribution in [1.82, 2.24) is 0 Å². The van der Waals surface area contributed by atoms with Crippen molar-refractivity contribution >= 4 is 54.7 Å². The Morgan fingerprint density at radius 2 is 0.900 bits per heavy atom. The molecule has 6 heterocycles. The first-order valence-corrected chi connectivity index (χ1v) is 21.7. The van der Waals surface area contributed by atoms with Gasteiger partial charge >= 0.3 is 0 Å². The van der Waals surface area contributed by atoms with Crippen molar-refractivity contribution in [2.45, 2.75) is 78.1 Å². The fourth-order valence-corrected chi connectivity index (χ4v) is 12.1. The molecule has 4 aromatic heterocycles. The number of rotatable bonds is 14. The first-order valence-electron chi connectivity index (χ1n) is 18.3. The Morgan fingerprint density at radius 1 is 0.480 bits per heavy atom. The zero-order valence-corrected chi connectivity index (χ0v) is 32.2. The van der Waals surface area contributed by atoms with Crippen LogP contribution in [0.4, 0.5) is 0 Å². The molecule has 0 aliphatic carbocycles. The lowest BCUT2D eigenvalue weighted by atomic mass is 9.99. The van der Waals surface area contributed by atoms with Crippen molar-refractivity contribution < 1.29 is 18.9 Å². The summed E-state index contributed by atoms with van der Waals surface area (Å²) in [6.07, 6.45) is 12.5. The smallest absolute Gasteiger partial charge is 0.180 e. The van der Waals surface area contributed by atoms with Crippen molar-refractivity contribution in [3.8, 4) is 64.8 Å². The normalized spacial score (nSPS) is 13.7. The van der Waals surface area contributed by atoms with E-state index in [1.807, 2.05) is 22.7 Å². The maximum absolute atomic E-state index is 6.28. The third kappa shape index (κ3) is 6.72. The predicted molar refractivity (Wildman–Crippen MR) is 215 cm³/mol. The Morgan fingerprint density at radius 3 is 1.32 bits per heavy atom. The van der Waals surface area contributed by atoms with Crippen molar-refractivity contribution in [2.75, 3.05) is 26.4 Å². The van der Waals surface area contributed by atoms with E-state index < -0.39 is 0 Å². The maximum atomic E-state index is 6.28. The monoisotopic (exact) mass is 740 g/mol. The van der Waals surface area contributed by atoms with Crippen LogP contribution in [0.25, 0.3) is 51.2 Å². The van der Waals surface area contributed by atoms with E-state index >= 15 is 0 Å². The molecule has 4 nitrogen and oxygen atoms in total. The lowest BCUT2D eigenvalue weighted by Crippen LogP contribution is -2.14.